The smallest absolute Gasteiger partial charge is 0.122 e. The number of halogens is 1. The molecule has 1 aromatic carbocycles. The lowest BCUT2D eigenvalue weighted by Crippen LogP contribution is -2.33. The van der Waals surface area contributed by atoms with Crippen LogP contribution in [0.15, 0.2) is 18.2 Å². The molecule has 1 aromatic rings. The van der Waals surface area contributed by atoms with Crippen LogP contribution >= 0.6 is 11.6 Å². The molecule has 0 saturated carbocycles. The Balaban J connectivity index is 2.91. The minimum Gasteiger partial charge on any atom is -0.496 e. The van der Waals surface area contributed by atoms with Gasteiger partial charge in [-0.1, -0.05) is 38.8 Å². The minimum absolute atomic E-state index is 0.239. The van der Waals surface area contributed by atoms with Crippen LogP contribution in [0.4, 0.5) is 0 Å². The van der Waals surface area contributed by atoms with Crippen molar-refractivity contribution in [2.75, 3.05) is 20.2 Å². The molecule has 0 heterocycles. The number of hydrogen-bond donors (Lipinski definition) is 1. The molecule has 0 spiro atoms. The van der Waals surface area contributed by atoms with Crippen LogP contribution in [0.1, 0.15) is 39.2 Å². The van der Waals surface area contributed by atoms with Gasteiger partial charge in [-0.15, -0.1) is 0 Å². The second-order valence-corrected chi connectivity index (χ2v) is 5.91. The zero-order valence-electron chi connectivity index (χ0n) is 12.6. The second kappa shape index (κ2) is 7.76. The number of benzene rings is 1. The van der Waals surface area contributed by atoms with Gasteiger partial charge in [-0.25, -0.2) is 0 Å². The van der Waals surface area contributed by atoms with E-state index in [2.05, 4.69) is 26.1 Å². The molecule has 1 N–H and O–H groups in total. The number of ether oxygens (including phenoxy) is 1. The van der Waals surface area contributed by atoms with Crippen molar-refractivity contribution < 1.29 is 4.74 Å². The maximum absolute atomic E-state index is 6.11. The van der Waals surface area contributed by atoms with Crippen LogP contribution in [0.2, 0.25) is 5.02 Å². The highest BCUT2D eigenvalue weighted by Gasteiger charge is 2.24. The molecule has 0 radical (unpaired) electrons. The van der Waals surface area contributed by atoms with Gasteiger partial charge < -0.3 is 10.1 Å². The Hall–Kier alpha value is -0.730. The average Bonchev–Trinajstić information content (AvgIpc) is 2.37. The first kappa shape index (κ1) is 16.3. The number of hydrogen-bond acceptors (Lipinski definition) is 2. The maximum atomic E-state index is 6.11. The van der Waals surface area contributed by atoms with Gasteiger partial charge in [0.25, 0.3) is 0 Å². The second-order valence-electron chi connectivity index (χ2n) is 5.47. The van der Waals surface area contributed by atoms with Crippen molar-refractivity contribution in [3.63, 3.8) is 0 Å². The van der Waals surface area contributed by atoms with Crippen LogP contribution < -0.4 is 10.1 Å². The van der Waals surface area contributed by atoms with E-state index >= 15 is 0 Å². The lowest BCUT2D eigenvalue weighted by molar-refractivity contribution is 0.273. The molecule has 1 rings (SSSR count). The van der Waals surface area contributed by atoms with Crippen molar-refractivity contribution >= 4 is 11.6 Å². The summed E-state index contributed by atoms with van der Waals surface area (Å²) in [5, 5.41) is 4.25. The normalized spacial score (nSPS) is 14.2. The third-order valence-corrected chi connectivity index (χ3v) is 3.75. The van der Waals surface area contributed by atoms with Gasteiger partial charge >= 0.3 is 0 Å². The average molecular weight is 284 g/mol. The molecule has 19 heavy (non-hydrogen) atoms. The predicted molar refractivity (Wildman–Crippen MR) is 83.3 cm³/mol. The summed E-state index contributed by atoms with van der Waals surface area (Å²) in [7, 11) is 1.72. The van der Waals surface area contributed by atoms with Crippen LogP contribution in [0, 0.1) is 5.41 Å². The molecule has 1 unspecified atom stereocenters. The van der Waals surface area contributed by atoms with E-state index < -0.39 is 0 Å². The van der Waals surface area contributed by atoms with E-state index in [1.807, 2.05) is 18.2 Å². The number of rotatable bonds is 8. The topological polar surface area (TPSA) is 21.3 Å². The molecule has 0 amide bonds. The van der Waals surface area contributed by atoms with Crippen LogP contribution in [-0.4, -0.2) is 20.2 Å². The van der Waals surface area contributed by atoms with Gasteiger partial charge in [-0.3, -0.25) is 0 Å². The van der Waals surface area contributed by atoms with Crippen LogP contribution in [0.3, 0.4) is 0 Å². The zero-order valence-corrected chi connectivity index (χ0v) is 13.3. The molecule has 108 valence electrons. The SMILES string of the molecule is CCCC(C)(CNCC)Cc1cc(Cl)ccc1OC. The Kier molecular flexibility index (Phi) is 6.67. The van der Waals surface area contributed by atoms with Crippen molar-refractivity contribution in [1.29, 1.82) is 0 Å². The van der Waals surface area contributed by atoms with E-state index in [1.165, 1.54) is 18.4 Å². The largest absolute Gasteiger partial charge is 0.496 e. The highest BCUT2D eigenvalue weighted by Crippen LogP contribution is 2.33. The van der Waals surface area contributed by atoms with E-state index in [0.29, 0.717) is 0 Å². The summed E-state index contributed by atoms with van der Waals surface area (Å²) in [6.45, 7) is 8.74. The van der Waals surface area contributed by atoms with Crippen LogP contribution in [0.5, 0.6) is 5.75 Å². The summed E-state index contributed by atoms with van der Waals surface area (Å²) < 4.78 is 5.45. The molecule has 0 aromatic heterocycles. The van der Waals surface area contributed by atoms with Crippen molar-refractivity contribution in [3.05, 3.63) is 28.8 Å². The van der Waals surface area contributed by atoms with Crippen molar-refractivity contribution in [3.8, 4) is 5.75 Å². The summed E-state index contributed by atoms with van der Waals surface area (Å²) in [6.07, 6.45) is 3.36. The number of methoxy groups -OCH3 is 1. The Bertz CT molecular complexity index is 394. The van der Waals surface area contributed by atoms with Crippen molar-refractivity contribution in [2.45, 2.75) is 40.0 Å². The molecule has 0 aliphatic rings. The molecule has 1 atom stereocenters. The Labute approximate surface area is 122 Å². The van der Waals surface area contributed by atoms with Gasteiger partial charge in [0.15, 0.2) is 0 Å². The maximum Gasteiger partial charge on any atom is 0.122 e. The molecule has 3 heteroatoms. The quantitative estimate of drug-likeness (QED) is 0.768. The summed E-state index contributed by atoms with van der Waals surface area (Å²) >= 11 is 6.11. The number of nitrogens with one attached hydrogen (secondary N) is 1. The van der Waals surface area contributed by atoms with Crippen LogP contribution in [0.25, 0.3) is 0 Å². The fourth-order valence-corrected chi connectivity index (χ4v) is 2.81. The molecular formula is C16H26ClNO. The van der Waals surface area contributed by atoms with Crippen molar-refractivity contribution in [1.82, 2.24) is 5.32 Å². The molecule has 0 aliphatic heterocycles. The summed E-state index contributed by atoms with van der Waals surface area (Å²) in [4.78, 5) is 0. The van der Waals surface area contributed by atoms with E-state index in [0.717, 1.165) is 30.3 Å². The Morgan fingerprint density at radius 2 is 2.05 bits per heavy atom. The Morgan fingerprint density at radius 3 is 2.63 bits per heavy atom. The minimum atomic E-state index is 0.239. The summed E-state index contributed by atoms with van der Waals surface area (Å²) in [5.41, 5.74) is 1.44. The first-order valence-corrected chi connectivity index (χ1v) is 7.45. The fraction of sp³-hybridized carbons (Fsp3) is 0.625. The van der Waals surface area contributed by atoms with Gasteiger partial charge in [0.2, 0.25) is 0 Å². The standard InChI is InChI=1S/C16H26ClNO/c1-5-9-16(3,12-18-6-2)11-13-10-14(17)7-8-15(13)19-4/h7-8,10,18H,5-6,9,11-12H2,1-4H3. The molecular weight excluding hydrogens is 258 g/mol. The summed E-state index contributed by atoms with van der Waals surface area (Å²) in [6, 6.07) is 5.86. The molecule has 2 nitrogen and oxygen atoms in total. The fourth-order valence-electron chi connectivity index (χ4n) is 2.61. The van der Waals surface area contributed by atoms with Gasteiger partial charge in [0, 0.05) is 11.6 Å². The predicted octanol–water partition coefficient (Wildman–Crippen LogP) is 4.31. The van der Waals surface area contributed by atoms with Gasteiger partial charge in [-0.05, 0) is 48.6 Å². The monoisotopic (exact) mass is 283 g/mol. The third-order valence-electron chi connectivity index (χ3n) is 3.52. The molecule has 0 saturated heterocycles. The first-order chi connectivity index (χ1) is 9.04. The molecule has 0 fully saturated rings. The Morgan fingerprint density at radius 1 is 1.32 bits per heavy atom. The lowest BCUT2D eigenvalue weighted by Gasteiger charge is -2.30. The lowest BCUT2D eigenvalue weighted by atomic mass is 9.79. The first-order valence-electron chi connectivity index (χ1n) is 7.07. The van der Waals surface area contributed by atoms with Crippen LogP contribution in [-0.2, 0) is 6.42 Å². The van der Waals surface area contributed by atoms with Gasteiger partial charge in [0.1, 0.15) is 5.75 Å². The van der Waals surface area contributed by atoms with Gasteiger partial charge in [-0.2, -0.15) is 0 Å². The highest BCUT2D eigenvalue weighted by molar-refractivity contribution is 6.30. The highest BCUT2D eigenvalue weighted by atomic mass is 35.5. The van der Waals surface area contributed by atoms with E-state index in [4.69, 9.17) is 16.3 Å². The third kappa shape index (κ3) is 5.04. The molecule has 0 bridgehead atoms. The van der Waals surface area contributed by atoms with E-state index in [1.54, 1.807) is 7.11 Å². The molecule has 0 aliphatic carbocycles. The van der Waals surface area contributed by atoms with Crippen molar-refractivity contribution in [2.24, 2.45) is 5.41 Å². The summed E-state index contributed by atoms with van der Waals surface area (Å²) in [5.74, 6) is 0.934. The van der Waals surface area contributed by atoms with E-state index in [9.17, 15) is 0 Å². The van der Waals surface area contributed by atoms with E-state index in [-0.39, 0.29) is 5.41 Å². The zero-order chi connectivity index (χ0) is 14.3. The van der Waals surface area contributed by atoms with Gasteiger partial charge in [0.05, 0.1) is 7.11 Å².